The summed E-state index contributed by atoms with van der Waals surface area (Å²) in [5.74, 6) is 0.974. The van der Waals surface area contributed by atoms with Crippen LogP contribution in [0.2, 0.25) is 5.02 Å². The number of hydrogen-bond acceptors (Lipinski definition) is 2. The number of benzene rings is 2. The highest BCUT2D eigenvalue weighted by Crippen LogP contribution is 2.30. The van der Waals surface area contributed by atoms with Crippen LogP contribution in [0.1, 0.15) is 11.1 Å². The zero-order chi connectivity index (χ0) is 17.9. The highest BCUT2D eigenvalue weighted by molar-refractivity contribution is 6.30. The summed E-state index contributed by atoms with van der Waals surface area (Å²) in [5.41, 5.74) is 2.40. The number of rotatable bonds is 3. The van der Waals surface area contributed by atoms with E-state index in [0.29, 0.717) is 18.1 Å². The Morgan fingerprint density at radius 2 is 1.92 bits per heavy atom. The van der Waals surface area contributed by atoms with Gasteiger partial charge in [0.2, 0.25) is 5.91 Å². The molecular weight excluding hydrogens is 348 g/mol. The predicted molar refractivity (Wildman–Crippen MR) is 102 cm³/mol. The molecule has 0 radical (unpaired) electrons. The van der Waals surface area contributed by atoms with Crippen LogP contribution in [0.5, 0.6) is 5.75 Å². The van der Waals surface area contributed by atoms with Crippen molar-refractivity contribution in [3.8, 4) is 5.75 Å². The molecule has 0 aliphatic carbocycles. The van der Waals surface area contributed by atoms with Crippen LogP contribution in [0.3, 0.4) is 0 Å². The molecule has 26 heavy (non-hydrogen) atoms. The van der Waals surface area contributed by atoms with Crippen molar-refractivity contribution in [2.75, 3.05) is 32.8 Å². The Bertz CT molecular complexity index is 773. The van der Waals surface area contributed by atoms with Crippen molar-refractivity contribution >= 4 is 17.5 Å². The zero-order valence-electron chi connectivity index (χ0n) is 14.8. The second kappa shape index (κ2) is 7.68. The van der Waals surface area contributed by atoms with Crippen molar-refractivity contribution in [2.24, 2.45) is 5.92 Å². The lowest BCUT2D eigenvalue weighted by atomic mass is 9.95. The number of carbonyl (C=O) groups is 1. The molecule has 4 rings (SSSR count). The molecule has 1 saturated heterocycles. The van der Waals surface area contributed by atoms with E-state index in [4.69, 9.17) is 16.3 Å². The summed E-state index contributed by atoms with van der Waals surface area (Å²) in [7, 11) is 0. The first kappa shape index (κ1) is 17.4. The largest absolute Gasteiger partial charge is 0.492 e. The van der Waals surface area contributed by atoms with Gasteiger partial charge in [-0.2, -0.15) is 0 Å². The van der Waals surface area contributed by atoms with E-state index in [1.165, 1.54) is 10.5 Å². The maximum Gasteiger partial charge on any atom is 0.229 e. The van der Waals surface area contributed by atoms with E-state index < -0.39 is 0 Å². The molecule has 0 saturated carbocycles. The Hall–Kier alpha value is -2.04. The number of fused-ring (bicyclic) bond motifs is 1. The molecular formula is C21H24ClN2O2+. The average molecular weight is 372 g/mol. The summed E-state index contributed by atoms with van der Waals surface area (Å²) in [4.78, 5) is 16.5. The molecule has 0 spiro atoms. The summed E-state index contributed by atoms with van der Waals surface area (Å²) in [6, 6.07) is 16.2. The van der Waals surface area contributed by atoms with Gasteiger partial charge < -0.3 is 14.5 Å². The van der Waals surface area contributed by atoms with Crippen molar-refractivity contribution in [3.05, 3.63) is 64.7 Å². The molecule has 2 aliphatic heterocycles. The van der Waals surface area contributed by atoms with Crippen molar-refractivity contribution in [3.63, 3.8) is 0 Å². The smallest absolute Gasteiger partial charge is 0.229 e. The zero-order valence-corrected chi connectivity index (χ0v) is 15.5. The van der Waals surface area contributed by atoms with Gasteiger partial charge in [0, 0.05) is 10.6 Å². The molecule has 5 heteroatoms. The van der Waals surface area contributed by atoms with Gasteiger partial charge in [-0.05, 0) is 30.2 Å². The minimum atomic E-state index is -0.100. The molecule has 1 fully saturated rings. The Kier molecular flexibility index (Phi) is 5.14. The van der Waals surface area contributed by atoms with Gasteiger partial charge in [-0.25, -0.2) is 0 Å². The summed E-state index contributed by atoms with van der Waals surface area (Å²) in [5, 5.41) is 0.693. The molecule has 0 bridgehead atoms. The molecule has 2 aromatic rings. The van der Waals surface area contributed by atoms with E-state index >= 15 is 0 Å². The van der Waals surface area contributed by atoms with Crippen LogP contribution in [0.4, 0.5) is 0 Å². The number of hydrogen-bond donors (Lipinski definition) is 1. The molecule has 1 atom stereocenters. The fourth-order valence-corrected chi connectivity index (χ4v) is 4.08. The molecule has 2 heterocycles. The molecule has 0 unspecified atom stereocenters. The summed E-state index contributed by atoms with van der Waals surface area (Å²) in [6.45, 7) is 5.12. The van der Waals surface area contributed by atoms with Crippen LogP contribution in [-0.4, -0.2) is 43.6 Å². The number of ether oxygens (including phenoxy) is 1. The standard InChI is InChI=1S/C21H23ClN2O2/c22-19-6-7-20-17(13-19)12-18(15-26-20)21(25)24-10-8-23(9-11-24)14-16-4-2-1-3-5-16/h1-7,13,18H,8-12,14-15H2/p+1/t18-/m1/s1. The third kappa shape index (κ3) is 3.87. The van der Waals surface area contributed by atoms with E-state index in [1.54, 1.807) is 0 Å². The lowest BCUT2D eigenvalue weighted by Gasteiger charge is -2.35. The van der Waals surface area contributed by atoms with Gasteiger partial charge in [0.15, 0.2) is 0 Å². The monoisotopic (exact) mass is 371 g/mol. The topological polar surface area (TPSA) is 34.0 Å². The SMILES string of the molecule is O=C([C@H]1COc2ccc(Cl)cc2C1)N1CC[NH+](Cc2ccccc2)CC1. The second-order valence-corrected chi connectivity index (χ2v) is 7.64. The molecule has 1 amide bonds. The summed E-state index contributed by atoms with van der Waals surface area (Å²) in [6.07, 6.45) is 0.714. The quantitative estimate of drug-likeness (QED) is 0.893. The first-order valence-electron chi connectivity index (χ1n) is 9.26. The third-order valence-electron chi connectivity index (χ3n) is 5.36. The average Bonchev–Trinajstić information content (AvgIpc) is 2.68. The number of quaternary nitrogens is 1. The van der Waals surface area contributed by atoms with Crippen molar-refractivity contribution in [1.82, 2.24) is 4.90 Å². The van der Waals surface area contributed by atoms with Gasteiger partial charge in [-0.15, -0.1) is 0 Å². The van der Waals surface area contributed by atoms with E-state index in [2.05, 4.69) is 24.3 Å². The Morgan fingerprint density at radius 1 is 1.15 bits per heavy atom. The minimum Gasteiger partial charge on any atom is -0.492 e. The molecule has 2 aromatic carbocycles. The van der Waals surface area contributed by atoms with Crippen LogP contribution >= 0.6 is 11.6 Å². The highest BCUT2D eigenvalue weighted by atomic mass is 35.5. The van der Waals surface area contributed by atoms with Gasteiger partial charge in [0.25, 0.3) is 0 Å². The van der Waals surface area contributed by atoms with Gasteiger partial charge in [-0.1, -0.05) is 41.9 Å². The summed E-state index contributed by atoms with van der Waals surface area (Å²) < 4.78 is 5.79. The highest BCUT2D eigenvalue weighted by Gasteiger charge is 2.32. The number of amides is 1. The Morgan fingerprint density at radius 3 is 2.69 bits per heavy atom. The van der Waals surface area contributed by atoms with Gasteiger partial charge in [-0.3, -0.25) is 4.79 Å². The molecule has 1 N–H and O–H groups in total. The number of nitrogens with zero attached hydrogens (tertiary/aromatic N) is 1. The maximum absolute atomic E-state index is 12.9. The van der Waals surface area contributed by atoms with Gasteiger partial charge >= 0.3 is 0 Å². The first-order chi connectivity index (χ1) is 12.7. The van der Waals surface area contributed by atoms with Crippen LogP contribution in [-0.2, 0) is 17.8 Å². The molecule has 136 valence electrons. The van der Waals surface area contributed by atoms with Gasteiger partial charge in [0.1, 0.15) is 18.9 Å². The molecule has 2 aliphatic rings. The fourth-order valence-electron chi connectivity index (χ4n) is 3.88. The third-order valence-corrected chi connectivity index (χ3v) is 5.59. The second-order valence-electron chi connectivity index (χ2n) is 7.20. The minimum absolute atomic E-state index is 0.100. The van der Waals surface area contributed by atoms with E-state index in [-0.39, 0.29) is 11.8 Å². The summed E-state index contributed by atoms with van der Waals surface area (Å²) >= 11 is 6.08. The van der Waals surface area contributed by atoms with E-state index in [1.807, 2.05) is 29.2 Å². The lowest BCUT2D eigenvalue weighted by molar-refractivity contribution is -0.917. The number of halogens is 1. The first-order valence-corrected chi connectivity index (χ1v) is 9.64. The fraction of sp³-hybridized carbons (Fsp3) is 0.381. The van der Waals surface area contributed by atoms with E-state index in [0.717, 1.165) is 44.0 Å². The number of carbonyl (C=O) groups excluding carboxylic acids is 1. The van der Waals surface area contributed by atoms with Crippen LogP contribution < -0.4 is 9.64 Å². The Labute approximate surface area is 159 Å². The van der Waals surface area contributed by atoms with Crippen molar-refractivity contribution < 1.29 is 14.4 Å². The van der Waals surface area contributed by atoms with Crippen LogP contribution in [0.15, 0.2) is 48.5 Å². The van der Waals surface area contributed by atoms with Crippen LogP contribution in [0, 0.1) is 5.92 Å². The van der Waals surface area contributed by atoms with E-state index in [9.17, 15) is 4.79 Å². The maximum atomic E-state index is 12.9. The predicted octanol–water partition coefficient (Wildman–Crippen LogP) is 1.82. The van der Waals surface area contributed by atoms with Crippen molar-refractivity contribution in [2.45, 2.75) is 13.0 Å². The van der Waals surface area contributed by atoms with Gasteiger partial charge in [0.05, 0.1) is 32.1 Å². The lowest BCUT2D eigenvalue weighted by Crippen LogP contribution is -3.13. The Balaban J connectivity index is 1.32. The normalized spacial score (nSPS) is 20.3. The molecule has 4 nitrogen and oxygen atoms in total. The number of nitrogens with one attached hydrogen (secondary N) is 1. The molecule has 0 aromatic heterocycles. The van der Waals surface area contributed by atoms with Crippen LogP contribution in [0.25, 0.3) is 0 Å². The van der Waals surface area contributed by atoms with Crippen molar-refractivity contribution in [1.29, 1.82) is 0 Å². The number of piperazine rings is 1.